The van der Waals surface area contributed by atoms with Gasteiger partial charge in [-0.05, 0) is 62.1 Å². The fourth-order valence-electron chi connectivity index (χ4n) is 3.48. The Kier molecular flexibility index (Phi) is 6.22. The van der Waals surface area contributed by atoms with E-state index < -0.39 is 0 Å². The molecule has 1 atom stereocenters. The Bertz CT molecular complexity index is 772. The number of hydrogen-bond acceptors (Lipinski definition) is 4. The fraction of sp³-hybridized carbons (Fsp3) is 0.409. The number of likely N-dealkylation sites (tertiary alicyclic amines) is 1. The summed E-state index contributed by atoms with van der Waals surface area (Å²) in [6.07, 6.45) is 1.96. The van der Waals surface area contributed by atoms with Gasteiger partial charge in [-0.3, -0.25) is 4.79 Å². The third-order valence-corrected chi connectivity index (χ3v) is 4.82. The zero-order valence-electron chi connectivity index (χ0n) is 16.2. The van der Waals surface area contributed by atoms with Gasteiger partial charge in [0.2, 0.25) is 0 Å². The maximum Gasteiger partial charge on any atom is 0.261 e. The van der Waals surface area contributed by atoms with Crippen molar-refractivity contribution in [1.82, 2.24) is 4.90 Å². The average molecular weight is 369 g/mol. The summed E-state index contributed by atoms with van der Waals surface area (Å²) in [5, 5.41) is 0. The lowest BCUT2D eigenvalue weighted by Crippen LogP contribution is -2.34. The van der Waals surface area contributed by atoms with E-state index in [1.54, 1.807) is 7.11 Å². The molecule has 144 valence electrons. The van der Waals surface area contributed by atoms with E-state index in [2.05, 4.69) is 0 Å². The van der Waals surface area contributed by atoms with Gasteiger partial charge in [-0.15, -0.1) is 0 Å². The number of amides is 1. The first-order valence-corrected chi connectivity index (χ1v) is 9.42. The molecule has 1 saturated heterocycles. The van der Waals surface area contributed by atoms with Crippen molar-refractivity contribution >= 4 is 5.91 Å². The lowest BCUT2D eigenvalue weighted by atomic mass is 10.0. The summed E-state index contributed by atoms with van der Waals surface area (Å²) in [7, 11) is 1.60. The molecule has 3 rings (SSSR count). The first-order valence-electron chi connectivity index (χ1n) is 9.42. The molecule has 1 fully saturated rings. The van der Waals surface area contributed by atoms with Crippen molar-refractivity contribution in [2.45, 2.75) is 32.7 Å². The highest BCUT2D eigenvalue weighted by molar-refractivity contribution is 5.78. The molecular formula is C22H27NO4. The van der Waals surface area contributed by atoms with Crippen molar-refractivity contribution in [3.63, 3.8) is 0 Å². The molecule has 0 radical (unpaired) electrons. The van der Waals surface area contributed by atoms with E-state index >= 15 is 0 Å². The van der Waals surface area contributed by atoms with Crippen LogP contribution >= 0.6 is 0 Å². The van der Waals surface area contributed by atoms with Crippen LogP contribution in [-0.4, -0.2) is 37.7 Å². The highest BCUT2D eigenvalue weighted by Crippen LogP contribution is 2.33. The summed E-state index contributed by atoms with van der Waals surface area (Å²) >= 11 is 0. The minimum absolute atomic E-state index is 0.00554. The summed E-state index contributed by atoms with van der Waals surface area (Å²) in [5.41, 5.74) is 2.22. The first kappa shape index (κ1) is 19.1. The molecule has 5 heteroatoms. The fourth-order valence-corrected chi connectivity index (χ4v) is 3.48. The average Bonchev–Trinajstić information content (AvgIpc) is 3.17. The molecule has 1 aliphatic heterocycles. The Hall–Kier alpha value is -2.69. The molecule has 0 aliphatic carbocycles. The van der Waals surface area contributed by atoms with E-state index in [0.29, 0.717) is 18.1 Å². The SMILES string of the molecule is CCOc1ccc(C2CCCN2C(=O)COc2ccc(C)cc2OC)cc1. The zero-order chi connectivity index (χ0) is 19.2. The second kappa shape index (κ2) is 8.80. The van der Waals surface area contributed by atoms with Crippen LogP contribution in [0.3, 0.4) is 0 Å². The van der Waals surface area contributed by atoms with Crippen molar-refractivity contribution in [2.24, 2.45) is 0 Å². The second-order valence-electron chi connectivity index (χ2n) is 6.69. The predicted molar refractivity (Wildman–Crippen MR) is 105 cm³/mol. The Morgan fingerprint density at radius 1 is 1.11 bits per heavy atom. The number of hydrogen-bond donors (Lipinski definition) is 0. The van der Waals surface area contributed by atoms with E-state index in [1.165, 1.54) is 0 Å². The maximum atomic E-state index is 12.8. The highest BCUT2D eigenvalue weighted by atomic mass is 16.5. The summed E-state index contributed by atoms with van der Waals surface area (Å²) in [6, 6.07) is 13.8. The predicted octanol–water partition coefficient (Wildman–Crippen LogP) is 4.14. The number of ether oxygens (including phenoxy) is 3. The van der Waals surface area contributed by atoms with Gasteiger partial charge in [0.1, 0.15) is 5.75 Å². The zero-order valence-corrected chi connectivity index (χ0v) is 16.2. The Labute approximate surface area is 160 Å². The Balaban J connectivity index is 1.65. The molecule has 27 heavy (non-hydrogen) atoms. The minimum Gasteiger partial charge on any atom is -0.494 e. The molecule has 0 spiro atoms. The summed E-state index contributed by atoms with van der Waals surface area (Å²) in [6.45, 7) is 5.36. The lowest BCUT2D eigenvalue weighted by Gasteiger charge is -2.25. The minimum atomic E-state index is -0.00554. The van der Waals surface area contributed by atoms with Crippen LogP contribution in [0, 0.1) is 6.92 Å². The summed E-state index contributed by atoms with van der Waals surface area (Å²) in [4.78, 5) is 14.7. The molecule has 1 heterocycles. The number of carbonyl (C=O) groups excluding carboxylic acids is 1. The molecule has 0 bridgehead atoms. The molecular weight excluding hydrogens is 342 g/mol. The van der Waals surface area contributed by atoms with Gasteiger partial charge in [0.25, 0.3) is 5.91 Å². The van der Waals surface area contributed by atoms with E-state index in [-0.39, 0.29) is 18.6 Å². The number of benzene rings is 2. The number of rotatable bonds is 7. The van der Waals surface area contributed by atoms with Crippen molar-refractivity contribution in [3.8, 4) is 17.2 Å². The second-order valence-corrected chi connectivity index (χ2v) is 6.69. The van der Waals surface area contributed by atoms with Gasteiger partial charge in [0.15, 0.2) is 18.1 Å². The molecule has 1 unspecified atom stereocenters. The van der Waals surface area contributed by atoms with Gasteiger partial charge in [-0.2, -0.15) is 0 Å². The highest BCUT2D eigenvalue weighted by Gasteiger charge is 2.30. The number of carbonyl (C=O) groups is 1. The van der Waals surface area contributed by atoms with Crippen LogP contribution in [0.1, 0.15) is 36.9 Å². The maximum absolute atomic E-state index is 12.8. The van der Waals surface area contributed by atoms with Gasteiger partial charge in [0, 0.05) is 6.54 Å². The van der Waals surface area contributed by atoms with Crippen molar-refractivity contribution in [3.05, 3.63) is 53.6 Å². The largest absolute Gasteiger partial charge is 0.494 e. The Morgan fingerprint density at radius 2 is 1.89 bits per heavy atom. The van der Waals surface area contributed by atoms with E-state index in [0.717, 1.165) is 36.3 Å². The molecule has 1 aliphatic rings. The van der Waals surface area contributed by atoms with Gasteiger partial charge in [-0.25, -0.2) is 0 Å². The number of methoxy groups -OCH3 is 1. The van der Waals surface area contributed by atoms with Gasteiger partial charge in [-0.1, -0.05) is 18.2 Å². The third kappa shape index (κ3) is 4.54. The number of nitrogens with zero attached hydrogens (tertiary/aromatic N) is 1. The quantitative estimate of drug-likeness (QED) is 0.736. The topological polar surface area (TPSA) is 48.0 Å². The molecule has 0 aromatic heterocycles. The van der Waals surface area contributed by atoms with Gasteiger partial charge < -0.3 is 19.1 Å². The van der Waals surface area contributed by atoms with Gasteiger partial charge >= 0.3 is 0 Å². The van der Waals surface area contributed by atoms with Crippen LogP contribution in [0.25, 0.3) is 0 Å². The van der Waals surface area contributed by atoms with Crippen LogP contribution in [0.4, 0.5) is 0 Å². The molecule has 5 nitrogen and oxygen atoms in total. The number of aryl methyl sites for hydroxylation is 1. The van der Waals surface area contributed by atoms with Crippen LogP contribution in [0.5, 0.6) is 17.2 Å². The van der Waals surface area contributed by atoms with E-state index in [1.807, 2.05) is 61.2 Å². The smallest absolute Gasteiger partial charge is 0.261 e. The monoisotopic (exact) mass is 369 g/mol. The lowest BCUT2D eigenvalue weighted by molar-refractivity contribution is -0.134. The molecule has 0 saturated carbocycles. The molecule has 1 amide bonds. The van der Waals surface area contributed by atoms with Crippen LogP contribution in [0.2, 0.25) is 0 Å². The normalized spacial score (nSPS) is 16.3. The standard InChI is InChI=1S/C22H27NO4/c1-4-26-18-10-8-17(9-11-18)19-6-5-13-23(19)22(24)15-27-20-12-7-16(2)14-21(20)25-3/h7-12,14,19H,4-6,13,15H2,1-3H3. The molecule has 0 N–H and O–H groups in total. The van der Waals surface area contributed by atoms with Gasteiger partial charge in [0.05, 0.1) is 19.8 Å². The van der Waals surface area contributed by atoms with Crippen LogP contribution < -0.4 is 14.2 Å². The van der Waals surface area contributed by atoms with Crippen LogP contribution in [-0.2, 0) is 4.79 Å². The summed E-state index contributed by atoms with van der Waals surface area (Å²) in [5.74, 6) is 2.08. The Morgan fingerprint density at radius 3 is 2.59 bits per heavy atom. The van der Waals surface area contributed by atoms with Crippen LogP contribution in [0.15, 0.2) is 42.5 Å². The molecule has 2 aromatic carbocycles. The van der Waals surface area contributed by atoms with Crippen molar-refractivity contribution in [2.75, 3.05) is 26.9 Å². The van der Waals surface area contributed by atoms with E-state index in [4.69, 9.17) is 14.2 Å². The van der Waals surface area contributed by atoms with Crippen molar-refractivity contribution in [1.29, 1.82) is 0 Å². The first-order chi connectivity index (χ1) is 13.1. The van der Waals surface area contributed by atoms with E-state index in [9.17, 15) is 4.79 Å². The molecule has 2 aromatic rings. The van der Waals surface area contributed by atoms with Crippen molar-refractivity contribution < 1.29 is 19.0 Å². The third-order valence-electron chi connectivity index (χ3n) is 4.82. The summed E-state index contributed by atoms with van der Waals surface area (Å²) < 4.78 is 16.6.